The molecule has 0 radical (unpaired) electrons. The van der Waals surface area contributed by atoms with E-state index in [1.165, 1.54) is 5.56 Å². The molecule has 0 spiro atoms. The van der Waals surface area contributed by atoms with Crippen LogP contribution in [0, 0.1) is 6.92 Å². The molecule has 1 aliphatic heterocycles. The normalized spacial score (nSPS) is 23.3. The van der Waals surface area contributed by atoms with Gasteiger partial charge in [-0.1, -0.05) is 17.3 Å². The summed E-state index contributed by atoms with van der Waals surface area (Å²) in [5, 5.41) is 13.8. The van der Waals surface area contributed by atoms with Crippen LogP contribution in [0.5, 0.6) is 0 Å². The number of nitrogens with zero attached hydrogens (tertiary/aromatic N) is 3. The second kappa shape index (κ2) is 5.45. The van der Waals surface area contributed by atoms with Crippen LogP contribution >= 0.6 is 0 Å². The average Bonchev–Trinajstić information content (AvgIpc) is 3.24. The molecule has 0 bridgehead atoms. The second-order valence-electron chi connectivity index (χ2n) is 6.34. The number of hydrogen-bond acceptors (Lipinski definition) is 5. The van der Waals surface area contributed by atoms with Crippen LogP contribution in [0.4, 0.5) is 0 Å². The SMILES string of the molecule is Cc1noc([C@H]2C[C@H](O)CN2C(=O)c2cccc3c2CCC3)n1. The van der Waals surface area contributed by atoms with Gasteiger partial charge in [0.2, 0.25) is 5.89 Å². The molecule has 23 heavy (non-hydrogen) atoms. The maximum Gasteiger partial charge on any atom is 0.254 e. The summed E-state index contributed by atoms with van der Waals surface area (Å²) in [5.74, 6) is 0.885. The summed E-state index contributed by atoms with van der Waals surface area (Å²) in [5.41, 5.74) is 3.16. The topological polar surface area (TPSA) is 79.5 Å². The first-order chi connectivity index (χ1) is 11.1. The van der Waals surface area contributed by atoms with Crippen molar-refractivity contribution in [2.45, 2.75) is 44.8 Å². The van der Waals surface area contributed by atoms with E-state index in [1.807, 2.05) is 12.1 Å². The molecule has 1 aliphatic carbocycles. The lowest BCUT2D eigenvalue weighted by Crippen LogP contribution is -2.32. The van der Waals surface area contributed by atoms with E-state index in [4.69, 9.17) is 4.52 Å². The minimum atomic E-state index is -0.562. The number of hydrogen-bond donors (Lipinski definition) is 1. The molecule has 2 aliphatic rings. The molecule has 0 unspecified atom stereocenters. The predicted octanol–water partition coefficient (Wildman–Crippen LogP) is 1.81. The van der Waals surface area contributed by atoms with Gasteiger partial charge in [0, 0.05) is 18.5 Å². The molecule has 2 aromatic rings. The number of benzene rings is 1. The zero-order valence-corrected chi connectivity index (χ0v) is 13.0. The molecular weight excluding hydrogens is 294 g/mol. The van der Waals surface area contributed by atoms with Gasteiger partial charge >= 0.3 is 0 Å². The van der Waals surface area contributed by atoms with E-state index in [1.54, 1.807) is 11.8 Å². The summed E-state index contributed by atoms with van der Waals surface area (Å²) in [6.45, 7) is 2.04. The number of amides is 1. The van der Waals surface area contributed by atoms with E-state index in [2.05, 4.69) is 16.2 Å². The Balaban J connectivity index is 1.68. The van der Waals surface area contributed by atoms with Crippen molar-refractivity contribution in [3.8, 4) is 0 Å². The number of rotatable bonds is 2. The summed E-state index contributed by atoms with van der Waals surface area (Å²) >= 11 is 0. The van der Waals surface area contributed by atoms with Gasteiger partial charge in [0.1, 0.15) is 6.04 Å². The summed E-state index contributed by atoms with van der Waals surface area (Å²) in [7, 11) is 0. The third-order valence-corrected chi connectivity index (χ3v) is 4.74. The van der Waals surface area contributed by atoms with Gasteiger partial charge in [-0.3, -0.25) is 4.79 Å². The van der Waals surface area contributed by atoms with Gasteiger partial charge in [0.15, 0.2) is 5.82 Å². The number of carbonyl (C=O) groups is 1. The lowest BCUT2D eigenvalue weighted by molar-refractivity contribution is 0.0692. The molecule has 2 heterocycles. The van der Waals surface area contributed by atoms with Gasteiger partial charge in [-0.05, 0) is 43.4 Å². The van der Waals surface area contributed by atoms with Crippen molar-refractivity contribution in [1.82, 2.24) is 15.0 Å². The zero-order chi connectivity index (χ0) is 16.0. The number of aryl methyl sites for hydroxylation is 2. The van der Waals surface area contributed by atoms with E-state index >= 15 is 0 Å². The summed E-state index contributed by atoms with van der Waals surface area (Å²) in [4.78, 5) is 19.0. The van der Waals surface area contributed by atoms with Crippen LogP contribution < -0.4 is 0 Å². The Kier molecular flexibility index (Phi) is 3.41. The van der Waals surface area contributed by atoms with Gasteiger partial charge in [0.25, 0.3) is 5.91 Å². The van der Waals surface area contributed by atoms with Gasteiger partial charge in [0.05, 0.1) is 6.10 Å². The number of aromatic nitrogens is 2. The lowest BCUT2D eigenvalue weighted by atomic mass is 10.0. The molecular formula is C17H19N3O3. The zero-order valence-electron chi connectivity index (χ0n) is 13.0. The number of fused-ring (bicyclic) bond motifs is 1. The number of likely N-dealkylation sites (tertiary alicyclic amines) is 1. The maximum atomic E-state index is 13.1. The number of carbonyl (C=O) groups excluding carboxylic acids is 1. The maximum absolute atomic E-state index is 13.1. The highest BCUT2D eigenvalue weighted by Crippen LogP contribution is 2.34. The highest BCUT2D eigenvalue weighted by molar-refractivity contribution is 5.96. The van der Waals surface area contributed by atoms with Crippen molar-refractivity contribution in [1.29, 1.82) is 0 Å². The monoisotopic (exact) mass is 313 g/mol. The van der Waals surface area contributed by atoms with Gasteiger partial charge in [-0.25, -0.2) is 0 Å². The summed E-state index contributed by atoms with van der Waals surface area (Å²) in [6, 6.07) is 5.57. The van der Waals surface area contributed by atoms with Crippen LogP contribution in [0.25, 0.3) is 0 Å². The molecule has 2 atom stereocenters. The van der Waals surface area contributed by atoms with Crippen molar-refractivity contribution < 1.29 is 14.4 Å². The Morgan fingerprint density at radius 1 is 1.39 bits per heavy atom. The molecule has 1 amide bonds. The highest BCUT2D eigenvalue weighted by atomic mass is 16.5. The first-order valence-corrected chi connectivity index (χ1v) is 8.03. The lowest BCUT2D eigenvalue weighted by Gasteiger charge is -2.23. The van der Waals surface area contributed by atoms with Crippen molar-refractivity contribution in [2.75, 3.05) is 6.54 Å². The first kappa shape index (κ1) is 14.4. The molecule has 1 N–H and O–H groups in total. The van der Waals surface area contributed by atoms with Gasteiger partial charge in [-0.2, -0.15) is 4.98 Å². The van der Waals surface area contributed by atoms with E-state index < -0.39 is 6.10 Å². The molecule has 6 nitrogen and oxygen atoms in total. The Bertz CT molecular complexity index is 755. The van der Waals surface area contributed by atoms with Crippen molar-refractivity contribution in [2.24, 2.45) is 0 Å². The van der Waals surface area contributed by atoms with E-state index in [-0.39, 0.29) is 11.9 Å². The van der Waals surface area contributed by atoms with Crippen molar-refractivity contribution in [3.05, 3.63) is 46.6 Å². The third kappa shape index (κ3) is 2.43. The number of aliphatic hydroxyl groups excluding tert-OH is 1. The Morgan fingerprint density at radius 3 is 3.04 bits per heavy atom. The molecule has 1 aromatic carbocycles. The molecule has 6 heteroatoms. The molecule has 0 saturated carbocycles. The fourth-order valence-corrected chi connectivity index (χ4v) is 3.70. The minimum absolute atomic E-state index is 0.0545. The minimum Gasteiger partial charge on any atom is -0.391 e. The van der Waals surface area contributed by atoms with Crippen molar-refractivity contribution >= 4 is 5.91 Å². The van der Waals surface area contributed by atoms with Crippen LogP contribution in [0.2, 0.25) is 0 Å². The van der Waals surface area contributed by atoms with E-state index in [9.17, 15) is 9.90 Å². The van der Waals surface area contributed by atoms with Crippen molar-refractivity contribution in [3.63, 3.8) is 0 Å². The summed E-state index contributed by atoms with van der Waals surface area (Å²) in [6.07, 6.45) is 2.94. The largest absolute Gasteiger partial charge is 0.391 e. The molecule has 1 fully saturated rings. The highest BCUT2D eigenvalue weighted by Gasteiger charge is 2.39. The van der Waals surface area contributed by atoms with E-state index in [0.717, 1.165) is 30.4 Å². The number of aliphatic hydroxyl groups is 1. The van der Waals surface area contributed by atoms with Crippen LogP contribution in [0.1, 0.15) is 52.1 Å². The molecule has 1 aromatic heterocycles. The van der Waals surface area contributed by atoms with Crippen LogP contribution in [0.15, 0.2) is 22.7 Å². The quantitative estimate of drug-likeness (QED) is 0.915. The molecule has 120 valence electrons. The fourth-order valence-electron chi connectivity index (χ4n) is 3.70. The smallest absolute Gasteiger partial charge is 0.254 e. The summed E-state index contributed by atoms with van der Waals surface area (Å²) < 4.78 is 5.24. The van der Waals surface area contributed by atoms with Crippen LogP contribution in [0.3, 0.4) is 0 Å². The fraction of sp³-hybridized carbons (Fsp3) is 0.471. The van der Waals surface area contributed by atoms with E-state index in [0.29, 0.717) is 24.7 Å². The predicted molar refractivity (Wildman–Crippen MR) is 81.9 cm³/mol. The molecule has 1 saturated heterocycles. The average molecular weight is 313 g/mol. The number of β-amino-alcohol motifs (C(OH)–C–C–N with tert-alkyl or cyclic N) is 1. The molecule has 4 rings (SSSR count). The Morgan fingerprint density at radius 2 is 2.26 bits per heavy atom. The van der Waals surface area contributed by atoms with Crippen LogP contribution in [-0.4, -0.2) is 38.7 Å². The Hall–Kier alpha value is -2.21. The standard InChI is InChI=1S/C17H19N3O3/c1-10-18-16(23-19-10)15-8-12(21)9-20(15)17(22)14-7-3-5-11-4-2-6-13(11)14/h3,5,7,12,15,21H,2,4,6,8-9H2,1H3/t12-,15+/m0/s1. The van der Waals surface area contributed by atoms with Crippen LogP contribution in [-0.2, 0) is 12.8 Å². The first-order valence-electron chi connectivity index (χ1n) is 8.03. The third-order valence-electron chi connectivity index (χ3n) is 4.74. The van der Waals surface area contributed by atoms with Gasteiger partial charge < -0.3 is 14.5 Å². The second-order valence-corrected chi connectivity index (χ2v) is 6.34. The van der Waals surface area contributed by atoms with Gasteiger partial charge in [-0.15, -0.1) is 0 Å². The Labute approximate surface area is 134 Å².